The number of carbonyl (C=O) groups is 2. The van der Waals surface area contributed by atoms with Crippen molar-refractivity contribution in [3.8, 4) is 11.5 Å². The van der Waals surface area contributed by atoms with Crippen LogP contribution in [0.4, 0.5) is 5.69 Å². The number of hydrogen-bond acceptors (Lipinski definition) is 6. The Morgan fingerprint density at radius 2 is 1.76 bits per heavy atom. The van der Waals surface area contributed by atoms with Crippen molar-refractivity contribution in [3.63, 3.8) is 0 Å². The Morgan fingerprint density at radius 3 is 2.41 bits per heavy atom. The first kappa shape index (κ1) is 25.4. The van der Waals surface area contributed by atoms with Crippen molar-refractivity contribution < 1.29 is 27.5 Å². The van der Waals surface area contributed by atoms with E-state index >= 15 is 0 Å². The van der Waals surface area contributed by atoms with E-state index in [-0.39, 0.29) is 44.5 Å². The lowest BCUT2D eigenvalue weighted by molar-refractivity contribution is -0.140. The fourth-order valence-electron chi connectivity index (χ4n) is 3.73. The largest absolute Gasteiger partial charge is 0.454 e. The maximum atomic E-state index is 13.1. The van der Waals surface area contributed by atoms with Gasteiger partial charge in [0, 0.05) is 32.6 Å². The van der Waals surface area contributed by atoms with Crippen LogP contribution in [0.3, 0.4) is 0 Å². The number of nitrogens with one attached hydrogen (secondary N) is 1. The van der Waals surface area contributed by atoms with Gasteiger partial charge in [0.05, 0.1) is 11.9 Å². The molecule has 2 amide bonds. The Balaban J connectivity index is 1.71. The zero-order valence-electron chi connectivity index (χ0n) is 19.9. The van der Waals surface area contributed by atoms with E-state index in [0.29, 0.717) is 17.2 Å². The van der Waals surface area contributed by atoms with Crippen LogP contribution in [0.15, 0.2) is 42.5 Å². The number of hydrogen-bond donors (Lipinski definition) is 1. The molecule has 0 saturated heterocycles. The molecule has 0 aliphatic carbocycles. The molecule has 0 aromatic heterocycles. The molecule has 1 aliphatic heterocycles. The zero-order valence-corrected chi connectivity index (χ0v) is 20.7. The van der Waals surface area contributed by atoms with Gasteiger partial charge >= 0.3 is 0 Å². The SMILES string of the molecule is CNC(=O)[C@@H](C)N(Cc1ccc(C)cc1)C(=O)CCCN(c1ccc2c(c1)OCO2)S(C)(=O)=O. The van der Waals surface area contributed by atoms with Gasteiger partial charge in [0.1, 0.15) is 6.04 Å². The lowest BCUT2D eigenvalue weighted by Crippen LogP contribution is -2.46. The van der Waals surface area contributed by atoms with Gasteiger partial charge in [-0.1, -0.05) is 29.8 Å². The third kappa shape index (κ3) is 6.19. The van der Waals surface area contributed by atoms with E-state index in [9.17, 15) is 18.0 Å². The summed E-state index contributed by atoms with van der Waals surface area (Å²) in [7, 11) is -2.06. The van der Waals surface area contributed by atoms with E-state index in [2.05, 4.69) is 5.32 Å². The minimum absolute atomic E-state index is 0.0871. The molecule has 0 saturated carbocycles. The molecule has 1 atom stereocenters. The normalized spacial score (nSPS) is 13.3. The highest BCUT2D eigenvalue weighted by Gasteiger charge is 2.26. The second-order valence-corrected chi connectivity index (χ2v) is 10.2. The number of ether oxygens (including phenoxy) is 2. The van der Waals surface area contributed by atoms with Crippen LogP contribution < -0.4 is 19.1 Å². The first-order valence-corrected chi connectivity index (χ1v) is 12.9. The zero-order chi connectivity index (χ0) is 24.9. The van der Waals surface area contributed by atoms with Gasteiger partial charge in [-0.25, -0.2) is 8.42 Å². The summed E-state index contributed by atoms with van der Waals surface area (Å²) in [5.41, 5.74) is 2.45. The summed E-state index contributed by atoms with van der Waals surface area (Å²) in [4.78, 5) is 26.9. The van der Waals surface area contributed by atoms with Gasteiger partial charge < -0.3 is 19.7 Å². The molecule has 0 radical (unpaired) electrons. The number of benzene rings is 2. The first-order chi connectivity index (χ1) is 16.1. The standard InChI is InChI=1S/C24H31N3O6S/c1-17-7-9-19(10-8-17)15-26(18(2)24(29)25-3)23(28)6-5-13-27(34(4,30)31)20-11-12-21-22(14-20)33-16-32-21/h7-12,14,18H,5-6,13,15-16H2,1-4H3,(H,25,29)/t18-/m1/s1. The molecule has 0 bridgehead atoms. The molecular weight excluding hydrogens is 458 g/mol. The Bertz CT molecular complexity index is 1130. The lowest BCUT2D eigenvalue weighted by atomic mass is 10.1. The first-order valence-electron chi connectivity index (χ1n) is 11.0. The molecule has 2 aromatic rings. The second-order valence-electron chi connectivity index (χ2n) is 8.27. The van der Waals surface area contributed by atoms with E-state index in [1.807, 2.05) is 31.2 Å². The van der Waals surface area contributed by atoms with Gasteiger partial charge in [-0.15, -0.1) is 0 Å². The topological polar surface area (TPSA) is 105 Å². The van der Waals surface area contributed by atoms with E-state index in [1.165, 1.54) is 16.3 Å². The van der Waals surface area contributed by atoms with Crippen molar-refractivity contribution in [2.24, 2.45) is 0 Å². The van der Waals surface area contributed by atoms with Crippen molar-refractivity contribution in [3.05, 3.63) is 53.6 Å². The average Bonchev–Trinajstić information content (AvgIpc) is 3.27. The molecule has 2 aromatic carbocycles. The number of carbonyl (C=O) groups excluding carboxylic acids is 2. The molecule has 0 unspecified atom stereocenters. The number of sulfonamides is 1. The molecule has 34 heavy (non-hydrogen) atoms. The molecule has 0 fully saturated rings. The summed E-state index contributed by atoms with van der Waals surface area (Å²) in [5, 5.41) is 2.59. The van der Waals surface area contributed by atoms with Crippen LogP contribution >= 0.6 is 0 Å². The van der Waals surface area contributed by atoms with Gasteiger partial charge in [0.15, 0.2) is 11.5 Å². The minimum Gasteiger partial charge on any atom is -0.454 e. The maximum Gasteiger partial charge on any atom is 0.242 e. The van der Waals surface area contributed by atoms with E-state index in [0.717, 1.165) is 17.4 Å². The Kier molecular flexibility index (Phi) is 8.03. The predicted molar refractivity (Wildman–Crippen MR) is 129 cm³/mol. The number of likely N-dealkylation sites (N-methyl/N-ethyl adjacent to an activating group) is 1. The highest BCUT2D eigenvalue weighted by molar-refractivity contribution is 7.92. The van der Waals surface area contributed by atoms with E-state index in [4.69, 9.17) is 9.47 Å². The number of rotatable bonds is 10. The molecule has 1 aliphatic rings. The van der Waals surface area contributed by atoms with Crippen molar-refractivity contribution in [1.82, 2.24) is 10.2 Å². The Hall–Kier alpha value is -3.27. The maximum absolute atomic E-state index is 13.1. The quantitative estimate of drug-likeness (QED) is 0.550. The van der Waals surface area contributed by atoms with Gasteiger partial charge in [-0.3, -0.25) is 13.9 Å². The van der Waals surface area contributed by atoms with Gasteiger partial charge in [0.25, 0.3) is 0 Å². The van der Waals surface area contributed by atoms with Crippen molar-refractivity contribution in [1.29, 1.82) is 0 Å². The smallest absolute Gasteiger partial charge is 0.242 e. The Morgan fingerprint density at radius 1 is 1.09 bits per heavy atom. The monoisotopic (exact) mass is 489 g/mol. The van der Waals surface area contributed by atoms with Crippen LogP contribution in [0.2, 0.25) is 0 Å². The van der Waals surface area contributed by atoms with E-state index in [1.54, 1.807) is 25.1 Å². The van der Waals surface area contributed by atoms with Crippen molar-refractivity contribution in [2.75, 3.05) is 30.9 Å². The van der Waals surface area contributed by atoms with Crippen LogP contribution in [0.1, 0.15) is 30.9 Å². The number of amides is 2. The Labute approximate surface area is 200 Å². The summed E-state index contributed by atoms with van der Waals surface area (Å²) in [5.74, 6) is 0.544. The van der Waals surface area contributed by atoms with Crippen molar-refractivity contribution >= 4 is 27.5 Å². The highest BCUT2D eigenvalue weighted by Crippen LogP contribution is 2.36. The van der Waals surface area contributed by atoms with Crippen LogP contribution in [-0.2, 0) is 26.2 Å². The number of nitrogens with zero attached hydrogens (tertiary/aromatic N) is 2. The molecule has 1 N–H and O–H groups in total. The molecule has 9 nitrogen and oxygen atoms in total. The minimum atomic E-state index is -3.59. The fraction of sp³-hybridized carbons (Fsp3) is 0.417. The van der Waals surface area contributed by atoms with Gasteiger partial charge in [-0.05, 0) is 38.0 Å². The van der Waals surface area contributed by atoms with Crippen LogP contribution in [0, 0.1) is 6.92 Å². The summed E-state index contributed by atoms with van der Waals surface area (Å²) in [6.07, 6.45) is 1.49. The summed E-state index contributed by atoms with van der Waals surface area (Å²) >= 11 is 0. The van der Waals surface area contributed by atoms with Crippen LogP contribution in [0.5, 0.6) is 11.5 Å². The van der Waals surface area contributed by atoms with Crippen molar-refractivity contribution in [2.45, 2.75) is 39.3 Å². The van der Waals surface area contributed by atoms with E-state index < -0.39 is 16.1 Å². The fourth-order valence-corrected chi connectivity index (χ4v) is 4.68. The summed E-state index contributed by atoms with van der Waals surface area (Å²) in [6, 6.07) is 12.0. The molecule has 184 valence electrons. The summed E-state index contributed by atoms with van der Waals surface area (Å²) < 4.78 is 36.8. The third-order valence-corrected chi connectivity index (χ3v) is 6.88. The van der Waals surface area contributed by atoms with Gasteiger partial charge in [-0.2, -0.15) is 0 Å². The number of aryl methyl sites for hydroxylation is 1. The summed E-state index contributed by atoms with van der Waals surface area (Å²) in [6.45, 7) is 4.14. The molecule has 0 spiro atoms. The number of anilines is 1. The highest BCUT2D eigenvalue weighted by atomic mass is 32.2. The predicted octanol–water partition coefficient (Wildman–Crippen LogP) is 2.43. The third-order valence-electron chi connectivity index (χ3n) is 5.68. The number of fused-ring (bicyclic) bond motifs is 1. The lowest BCUT2D eigenvalue weighted by Gasteiger charge is -2.29. The molecule has 3 rings (SSSR count). The second kappa shape index (κ2) is 10.8. The molecule has 10 heteroatoms. The van der Waals surface area contributed by atoms with Gasteiger partial charge in [0.2, 0.25) is 28.6 Å². The van der Waals surface area contributed by atoms with Crippen LogP contribution in [-0.4, -0.2) is 57.8 Å². The molecule has 1 heterocycles. The molecular formula is C24H31N3O6S. The van der Waals surface area contributed by atoms with Crippen LogP contribution in [0.25, 0.3) is 0 Å². The average molecular weight is 490 g/mol.